The summed E-state index contributed by atoms with van der Waals surface area (Å²) in [4.78, 5) is 15.4. The number of aromatic nitrogens is 1. The van der Waals surface area contributed by atoms with E-state index < -0.39 is 0 Å². The molecule has 0 aromatic carbocycles. The van der Waals surface area contributed by atoms with Gasteiger partial charge in [0.25, 0.3) is 0 Å². The molecule has 1 N–H and O–H groups in total. The number of pyridine rings is 1. The van der Waals surface area contributed by atoms with Crippen LogP contribution in [0.4, 0.5) is 0 Å². The maximum Gasteiger partial charge on any atom is 0.220 e. The van der Waals surface area contributed by atoms with Crippen molar-refractivity contribution in [1.29, 1.82) is 0 Å². The van der Waals surface area contributed by atoms with Crippen LogP contribution in [0.25, 0.3) is 0 Å². The largest absolute Gasteiger partial charge is 0.352 e. The van der Waals surface area contributed by atoms with E-state index in [0.29, 0.717) is 18.9 Å². The number of hydrogen-bond donors (Lipinski definition) is 1. The minimum absolute atomic E-state index is 0.119. The van der Waals surface area contributed by atoms with E-state index in [2.05, 4.69) is 24.1 Å². The van der Waals surface area contributed by atoms with Crippen LogP contribution in [0.15, 0.2) is 24.5 Å². The molecule has 0 unspecified atom stereocenters. The average Bonchev–Trinajstić information content (AvgIpc) is 2.27. The van der Waals surface area contributed by atoms with E-state index in [1.165, 1.54) is 0 Å². The standard InChI is InChI=1S/C12H18N2O/c1-3-10(2)7-12(15)14-9-11-5-4-6-13-8-11/h4-6,8,10H,3,7,9H2,1-2H3,(H,14,15)/t10-/m1/s1. The third kappa shape index (κ3) is 4.58. The van der Waals surface area contributed by atoms with Gasteiger partial charge in [0, 0.05) is 25.4 Å². The molecule has 3 nitrogen and oxygen atoms in total. The summed E-state index contributed by atoms with van der Waals surface area (Å²) < 4.78 is 0. The van der Waals surface area contributed by atoms with E-state index in [9.17, 15) is 4.79 Å². The molecule has 82 valence electrons. The summed E-state index contributed by atoms with van der Waals surface area (Å²) in [7, 11) is 0. The lowest BCUT2D eigenvalue weighted by molar-refractivity contribution is -0.122. The number of nitrogens with one attached hydrogen (secondary N) is 1. The Hall–Kier alpha value is -1.38. The molecule has 1 atom stereocenters. The summed E-state index contributed by atoms with van der Waals surface area (Å²) in [5.41, 5.74) is 1.04. The molecule has 0 aliphatic carbocycles. The van der Waals surface area contributed by atoms with Gasteiger partial charge in [-0.3, -0.25) is 9.78 Å². The Kier molecular flexibility index (Phi) is 4.81. The zero-order chi connectivity index (χ0) is 11.1. The van der Waals surface area contributed by atoms with Gasteiger partial charge in [0.1, 0.15) is 0 Å². The zero-order valence-electron chi connectivity index (χ0n) is 9.36. The van der Waals surface area contributed by atoms with Crippen LogP contribution in [-0.4, -0.2) is 10.9 Å². The molecular weight excluding hydrogens is 188 g/mol. The van der Waals surface area contributed by atoms with Crippen LogP contribution in [0.2, 0.25) is 0 Å². The minimum atomic E-state index is 0.119. The molecular formula is C12H18N2O. The number of nitrogens with zero attached hydrogens (tertiary/aromatic N) is 1. The molecule has 1 heterocycles. The summed E-state index contributed by atoms with van der Waals surface area (Å²) >= 11 is 0. The van der Waals surface area contributed by atoms with Gasteiger partial charge >= 0.3 is 0 Å². The molecule has 1 rings (SSSR count). The number of hydrogen-bond acceptors (Lipinski definition) is 2. The highest BCUT2D eigenvalue weighted by atomic mass is 16.1. The molecule has 0 fully saturated rings. The Balaban J connectivity index is 2.29. The van der Waals surface area contributed by atoms with Crippen molar-refractivity contribution in [3.05, 3.63) is 30.1 Å². The lowest BCUT2D eigenvalue weighted by Gasteiger charge is -2.08. The number of rotatable bonds is 5. The van der Waals surface area contributed by atoms with E-state index in [4.69, 9.17) is 0 Å². The van der Waals surface area contributed by atoms with Gasteiger partial charge < -0.3 is 5.32 Å². The van der Waals surface area contributed by atoms with E-state index in [1.54, 1.807) is 12.4 Å². The monoisotopic (exact) mass is 206 g/mol. The molecule has 3 heteroatoms. The molecule has 0 saturated carbocycles. The van der Waals surface area contributed by atoms with Crippen LogP contribution in [0.5, 0.6) is 0 Å². The van der Waals surface area contributed by atoms with Gasteiger partial charge in [0.2, 0.25) is 5.91 Å². The molecule has 0 spiro atoms. The quantitative estimate of drug-likeness (QED) is 0.802. The second kappa shape index (κ2) is 6.17. The van der Waals surface area contributed by atoms with Crippen molar-refractivity contribution in [3.63, 3.8) is 0 Å². The smallest absolute Gasteiger partial charge is 0.220 e. The maximum absolute atomic E-state index is 11.5. The highest BCUT2D eigenvalue weighted by molar-refractivity contribution is 5.76. The van der Waals surface area contributed by atoms with Gasteiger partial charge in [0.05, 0.1) is 0 Å². The zero-order valence-corrected chi connectivity index (χ0v) is 9.36. The fraction of sp³-hybridized carbons (Fsp3) is 0.500. The van der Waals surface area contributed by atoms with Crippen molar-refractivity contribution in [1.82, 2.24) is 10.3 Å². The van der Waals surface area contributed by atoms with Gasteiger partial charge in [-0.05, 0) is 17.5 Å². The summed E-state index contributed by atoms with van der Waals surface area (Å²) in [5, 5.41) is 2.89. The van der Waals surface area contributed by atoms with Crippen LogP contribution < -0.4 is 5.32 Å². The summed E-state index contributed by atoms with van der Waals surface area (Å²) in [6.45, 7) is 4.76. The molecule has 1 aromatic heterocycles. The van der Waals surface area contributed by atoms with Gasteiger partial charge in [-0.1, -0.05) is 26.3 Å². The van der Waals surface area contributed by atoms with Crippen molar-refractivity contribution < 1.29 is 4.79 Å². The predicted molar refractivity (Wildman–Crippen MR) is 60.2 cm³/mol. The van der Waals surface area contributed by atoms with Crippen LogP contribution in [0.1, 0.15) is 32.3 Å². The molecule has 0 radical (unpaired) electrons. The lowest BCUT2D eigenvalue weighted by atomic mass is 10.1. The van der Waals surface area contributed by atoms with Gasteiger partial charge in [-0.15, -0.1) is 0 Å². The van der Waals surface area contributed by atoms with E-state index >= 15 is 0 Å². The molecule has 0 aliphatic rings. The average molecular weight is 206 g/mol. The Labute approximate surface area is 90.9 Å². The third-order valence-corrected chi connectivity index (χ3v) is 2.44. The molecule has 1 aromatic rings. The van der Waals surface area contributed by atoms with Crippen molar-refractivity contribution in [2.24, 2.45) is 5.92 Å². The molecule has 0 saturated heterocycles. The van der Waals surface area contributed by atoms with Gasteiger partial charge in [-0.2, -0.15) is 0 Å². The summed E-state index contributed by atoms with van der Waals surface area (Å²) in [6, 6.07) is 3.83. The van der Waals surface area contributed by atoms with Crippen molar-refractivity contribution in [3.8, 4) is 0 Å². The second-order valence-corrected chi connectivity index (χ2v) is 3.86. The minimum Gasteiger partial charge on any atom is -0.352 e. The number of carbonyl (C=O) groups is 1. The van der Waals surface area contributed by atoms with Crippen molar-refractivity contribution >= 4 is 5.91 Å². The molecule has 0 aliphatic heterocycles. The Morgan fingerprint density at radius 1 is 1.60 bits per heavy atom. The highest BCUT2D eigenvalue weighted by Crippen LogP contribution is 2.05. The fourth-order valence-corrected chi connectivity index (χ4v) is 1.24. The summed E-state index contributed by atoms with van der Waals surface area (Å²) in [6.07, 6.45) is 5.14. The van der Waals surface area contributed by atoms with E-state index in [1.807, 2.05) is 12.1 Å². The topological polar surface area (TPSA) is 42.0 Å². The Morgan fingerprint density at radius 2 is 2.40 bits per heavy atom. The molecule has 15 heavy (non-hydrogen) atoms. The van der Waals surface area contributed by atoms with E-state index in [0.717, 1.165) is 12.0 Å². The van der Waals surface area contributed by atoms with E-state index in [-0.39, 0.29) is 5.91 Å². The Morgan fingerprint density at radius 3 is 3.00 bits per heavy atom. The SMILES string of the molecule is CC[C@@H](C)CC(=O)NCc1cccnc1. The number of carbonyl (C=O) groups excluding carboxylic acids is 1. The second-order valence-electron chi connectivity index (χ2n) is 3.86. The van der Waals surface area contributed by atoms with Crippen molar-refractivity contribution in [2.75, 3.05) is 0 Å². The summed E-state index contributed by atoms with van der Waals surface area (Å²) in [5.74, 6) is 0.576. The first-order chi connectivity index (χ1) is 7.22. The highest BCUT2D eigenvalue weighted by Gasteiger charge is 2.06. The van der Waals surface area contributed by atoms with Crippen LogP contribution in [-0.2, 0) is 11.3 Å². The van der Waals surface area contributed by atoms with Gasteiger partial charge in [0.15, 0.2) is 0 Å². The molecule has 1 amide bonds. The van der Waals surface area contributed by atoms with Crippen LogP contribution >= 0.6 is 0 Å². The predicted octanol–water partition coefficient (Wildman–Crippen LogP) is 2.13. The first kappa shape index (κ1) is 11.7. The van der Waals surface area contributed by atoms with Gasteiger partial charge in [-0.25, -0.2) is 0 Å². The van der Waals surface area contributed by atoms with Crippen LogP contribution in [0.3, 0.4) is 0 Å². The first-order valence-electron chi connectivity index (χ1n) is 5.38. The Bertz CT molecular complexity index is 298. The van der Waals surface area contributed by atoms with Crippen molar-refractivity contribution in [2.45, 2.75) is 33.2 Å². The third-order valence-electron chi connectivity index (χ3n) is 2.44. The fourth-order valence-electron chi connectivity index (χ4n) is 1.24. The first-order valence-corrected chi connectivity index (χ1v) is 5.38. The number of amides is 1. The lowest BCUT2D eigenvalue weighted by Crippen LogP contribution is -2.24. The van der Waals surface area contributed by atoms with Crippen LogP contribution in [0, 0.1) is 5.92 Å². The maximum atomic E-state index is 11.5. The normalized spacial score (nSPS) is 12.1. The molecule has 0 bridgehead atoms.